The van der Waals surface area contributed by atoms with E-state index < -0.39 is 16.1 Å². The molecule has 1 nitrogen and oxygen atoms in total. The molecule has 0 aliphatic heterocycles. The molecule has 0 aliphatic rings. The maximum Gasteiger partial charge on any atom is 0.295 e. The predicted octanol–water partition coefficient (Wildman–Crippen LogP) is 5.01. The molecule has 102 valence electrons. The first kappa shape index (κ1) is 17.5. The molecule has 17 heavy (non-hydrogen) atoms. The summed E-state index contributed by atoms with van der Waals surface area (Å²) in [7, 11) is -0.354. The minimum absolute atomic E-state index is 0.343. The van der Waals surface area contributed by atoms with Gasteiger partial charge in [0.15, 0.2) is 0 Å². The Labute approximate surface area is 112 Å². The lowest BCUT2D eigenvalue weighted by molar-refractivity contribution is 0.400. The second kappa shape index (κ2) is 5.62. The molecule has 0 N–H and O–H groups in total. The van der Waals surface area contributed by atoms with Gasteiger partial charge in [0.25, 0.3) is 6.92 Å². The van der Waals surface area contributed by atoms with Crippen molar-refractivity contribution in [3.63, 3.8) is 0 Å². The smallest absolute Gasteiger partial charge is 0.295 e. The Bertz CT molecular complexity index is 241. The van der Waals surface area contributed by atoms with E-state index in [9.17, 15) is 0 Å². The summed E-state index contributed by atoms with van der Waals surface area (Å²) in [6.07, 6.45) is 1.23. The normalized spacial score (nSPS) is 15.9. The minimum atomic E-state index is -1.20. The fourth-order valence-electron chi connectivity index (χ4n) is 1.84. The molecule has 1 atom stereocenters. The molecule has 0 saturated carbocycles. The van der Waals surface area contributed by atoms with Crippen molar-refractivity contribution in [2.24, 2.45) is 0 Å². The lowest BCUT2D eigenvalue weighted by Crippen LogP contribution is -2.48. The molecule has 0 heterocycles. The zero-order chi connectivity index (χ0) is 14.1. The van der Waals surface area contributed by atoms with Gasteiger partial charge in [-0.05, 0) is 11.3 Å². The van der Waals surface area contributed by atoms with Gasteiger partial charge in [0.1, 0.15) is 0 Å². The summed E-state index contributed by atoms with van der Waals surface area (Å²) in [4.78, 5) is 0.343. The van der Waals surface area contributed by atoms with E-state index in [0.29, 0.717) is 11.9 Å². The van der Waals surface area contributed by atoms with Crippen molar-refractivity contribution in [3.05, 3.63) is 0 Å². The molecule has 0 saturated heterocycles. The first-order valence-corrected chi connectivity index (χ1v) is 13.9. The highest BCUT2D eigenvalue weighted by Gasteiger charge is 2.46. The topological polar surface area (TPSA) is 9.23 Å². The van der Waals surface area contributed by atoms with Crippen LogP contribution in [0, 0.1) is 0 Å². The molecule has 0 rings (SSSR count). The summed E-state index contributed by atoms with van der Waals surface area (Å²) in [6.45, 7) is 22.4. The first-order valence-electron chi connectivity index (χ1n) is 6.87. The van der Waals surface area contributed by atoms with E-state index in [2.05, 4.69) is 60.1 Å². The lowest BCUT2D eigenvalue weighted by Gasteiger charge is -2.42. The number of hydrogen-bond donors (Lipinski definition) is 0. The summed E-state index contributed by atoms with van der Waals surface area (Å²) in [5, 5.41) is 0. The molecular weight excluding hydrogens is 239 g/mol. The van der Waals surface area contributed by atoms with Gasteiger partial charge in [-0.3, -0.25) is 0 Å². The van der Waals surface area contributed by atoms with Crippen LogP contribution in [0.5, 0.6) is 0 Å². The maximum atomic E-state index is 5.86. The molecule has 0 aliphatic carbocycles. The van der Waals surface area contributed by atoms with Gasteiger partial charge in [-0.1, -0.05) is 65.6 Å². The average molecular weight is 272 g/mol. The van der Waals surface area contributed by atoms with Gasteiger partial charge in [0, 0.05) is 23.3 Å². The molecular formula is C13H33BOSi2. The highest BCUT2D eigenvalue weighted by atomic mass is 28.3. The van der Waals surface area contributed by atoms with Gasteiger partial charge in [0.05, 0.1) is 0 Å². The standard InChI is InChI=1S/C13H33BOSi2/c1-12(16(5,6)7)11-14(15-4)13(2,3)17(8,9)10/h12H,11H2,1-10H3. The molecule has 0 aromatic carbocycles. The zero-order valence-electron chi connectivity index (χ0n) is 13.8. The third-order valence-corrected chi connectivity index (χ3v) is 12.4. The van der Waals surface area contributed by atoms with Crippen molar-refractivity contribution in [2.75, 3.05) is 7.11 Å². The Morgan fingerprint density at radius 2 is 1.47 bits per heavy atom. The van der Waals surface area contributed by atoms with Crippen LogP contribution < -0.4 is 0 Å². The second-order valence-corrected chi connectivity index (χ2v) is 19.7. The number of hydrogen-bond acceptors (Lipinski definition) is 1. The Morgan fingerprint density at radius 3 is 1.71 bits per heavy atom. The Balaban J connectivity index is 4.88. The van der Waals surface area contributed by atoms with Gasteiger partial charge in [-0.15, -0.1) is 0 Å². The van der Waals surface area contributed by atoms with Crippen LogP contribution in [-0.4, -0.2) is 30.2 Å². The van der Waals surface area contributed by atoms with Crippen LogP contribution in [-0.2, 0) is 4.65 Å². The minimum Gasteiger partial charge on any atom is -0.438 e. The maximum absolute atomic E-state index is 5.86. The predicted molar refractivity (Wildman–Crippen MR) is 87.7 cm³/mol. The largest absolute Gasteiger partial charge is 0.438 e. The van der Waals surface area contributed by atoms with Gasteiger partial charge in [0.2, 0.25) is 0 Å². The third-order valence-electron chi connectivity index (χ3n) is 5.07. The third kappa shape index (κ3) is 4.56. The average Bonchev–Trinajstić information content (AvgIpc) is 2.09. The summed E-state index contributed by atoms with van der Waals surface area (Å²) in [6, 6.07) is 0. The molecule has 0 amide bonds. The quantitative estimate of drug-likeness (QED) is 0.617. The van der Waals surface area contributed by atoms with Gasteiger partial charge >= 0.3 is 0 Å². The zero-order valence-corrected chi connectivity index (χ0v) is 15.8. The molecule has 0 radical (unpaired) electrons. The molecule has 0 aromatic rings. The fraction of sp³-hybridized carbons (Fsp3) is 1.00. The van der Waals surface area contributed by atoms with Gasteiger partial charge in [-0.25, -0.2) is 0 Å². The van der Waals surface area contributed by atoms with Crippen LogP contribution in [0.25, 0.3) is 0 Å². The van der Waals surface area contributed by atoms with E-state index >= 15 is 0 Å². The van der Waals surface area contributed by atoms with Crippen molar-refractivity contribution in [2.45, 2.75) is 76.9 Å². The van der Waals surface area contributed by atoms with Crippen LogP contribution >= 0.6 is 0 Å². The van der Waals surface area contributed by atoms with E-state index in [1.54, 1.807) is 0 Å². The van der Waals surface area contributed by atoms with Gasteiger partial charge in [-0.2, -0.15) is 0 Å². The molecule has 1 unspecified atom stereocenters. The highest BCUT2D eigenvalue weighted by Crippen LogP contribution is 2.43. The summed E-state index contributed by atoms with van der Waals surface area (Å²) < 4.78 is 5.86. The Kier molecular flexibility index (Phi) is 5.77. The first-order chi connectivity index (χ1) is 7.34. The van der Waals surface area contributed by atoms with Crippen molar-refractivity contribution in [3.8, 4) is 0 Å². The second-order valence-electron chi connectivity index (χ2n) is 8.20. The molecule has 0 fully saturated rings. The van der Waals surface area contributed by atoms with E-state index in [-0.39, 0.29) is 0 Å². The van der Waals surface area contributed by atoms with Crippen molar-refractivity contribution < 1.29 is 4.65 Å². The molecule has 0 aromatic heterocycles. The summed E-state index contributed by atoms with van der Waals surface area (Å²) in [5.41, 5.74) is 0.822. The van der Waals surface area contributed by atoms with E-state index in [0.717, 1.165) is 5.54 Å². The Hall–Kier alpha value is 0.459. The molecule has 0 bridgehead atoms. The van der Waals surface area contributed by atoms with E-state index in [4.69, 9.17) is 4.65 Å². The van der Waals surface area contributed by atoms with E-state index in [1.807, 2.05) is 7.11 Å². The van der Waals surface area contributed by atoms with Crippen LogP contribution in [0.3, 0.4) is 0 Å². The SMILES string of the molecule is COB(CC(C)[Si](C)(C)C)C(C)(C)[Si](C)(C)C. The van der Waals surface area contributed by atoms with Crippen molar-refractivity contribution >= 4 is 23.1 Å². The monoisotopic (exact) mass is 272 g/mol. The summed E-state index contributed by atoms with van der Waals surface area (Å²) in [5.74, 6) is 0. The Morgan fingerprint density at radius 1 is 1.06 bits per heavy atom. The molecule has 4 heteroatoms. The summed E-state index contributed by atoms with van der Waals surface area (Å²) >= 11 is 0. The lowest BCUT2D eigenvalue weighted by atomic mass is 9.53. The van der Waals surface area contributed by atoms with E-state index in [1.165, 1.54) is 6.32 Å². The van der Waals surface area contributed by atoms with Crippen molar-refractivity contribution in [1.82, 2.24) is 0 Å². The fourth-order valence-corrected chi connectivity index (χ4v) is 3.97. The van der Waals surface area contributed by atoms with Crippen LogP contribution in [0.15, 0.2) is 0 Å². The number of rotatable bonds is 6. The van der Waals surface area contributed by atoms with Crippen molar-refractivity contribution in [1.29, 1.82) is 0 Å². The van der Waals surface area contributed by atoms with Crippen LogP contribution in [0.1, 0.15) is 20.8 Å². The highest BCUT2D eigenvalue weighted by molar-refractivity contribution is 6.91. The van der Waals surface area contributed by atoms with Crippen LogP contribution in [0.2, 0.25) is 56.1 Å². The van der Waals surface area contributed by atoms with Gasteiger partial charge < -0.3 is 4.65 Å². The molecule has 0 spiro atoms. The van der Waals surface area contributed by atoms with Crippen LogP contribution in [0.4, 0.5) is 0 Å².